The van der Waals surface area contributed by atoms with Gasteiger partial charge in [0.05, 0.1) is 9.52 Å². The van der Waals surface area contributed by atoms with Gasteiger partial charge in [-0.25, -0.2) is 0 Å². The molecule has 0 fully saturated rings. The van der Waals surface area contributed by atoms with Gasteiger partial charge in [-0.1, -0.05) is 72.4 Å². The van der Waals surface area contributed by atoms with Crippen LogP contribution in [0.2, 0.25) is 6.55 Å². The third-order valence-electron chi connectivity index (χ3n) is 3.84. The van der Waals surface area contributed by atoms with Gasteiger partial charge in [0.2, 0.25) is 0 Å². The lowest BCUT2D eigenvalue weighted by atomic mass is 10.2. The normalized spacial score (nSPS) is 10.9. The lowest BCUT2D eigenvalue weighted by Crippen LogP contribution is -2.12. The van der Waals surface area contributed by atoms with E-state index in [0.29, 0.717) is 13.2 Å². The van der Waals surface area contributed by atoms with Crippen LogP contribution in [0.4, 0.5) is 0 Å². The van der Waals surface area contributed by atoms with Crippen molar-refractivity contribution >= 4 is 14.7 Å². The molecule has 2 nitrogen and oxygen atoms in total. The van der Waals surface area contributed by atoms with Crippen LogP contribution in [0.1, 0.15) is 11.1 Å². The maximum Gasteiger partial charge on any atom is 0.123 e. The highest BCUT2D eigenvalue weighted by Gasteiger charge is 2.04. The van der Waals surface area contributed by atoms with Gasteiger partial charge in [0.15, 0.2) is 0 Å². The molecule has 0 unspecified atom stereocenters. The summed E-state index contributed by atoms with van der Waals surface area (Å²) in [4.78, 5) is 0. The Morgan fingerprint density at radius 1 is 0.667 bits per heavy atom. The second-order valence-electron chi connectivity index (χ2n) is 5.71. The molecule has 3 aromatic carbocycles. The fourth-order valence-corrected chi connectivity index (χ4v) is 3.29. The molecule has 0 radical (unpaired) electrons. The van der Waals surface area contributed by atoms with E-state index >= 15 is 0 Å². The Hall–Kier alpha value is -2.52. The SMILES string of the molecule is C[SiH2]c1cc(OCc2ccccc2)cc(OCc2ccccc2)c1. The van der Waals surface area contributed by atoms with E-state index in [0.717, 1.165) is 11.5 Å². The molecule has 122 valence electrons. The molecule has 24 heavy (non-hydrogen) atoms. The summed E-state index contributed by atoms with van der Waals surface area (Å²) in [6.07, 6.45) is 0. The fraction of sp³-hybridized carbons (Fsp3) is 0.143. The zero-order chi connectivity index (χ0) is 16.6. The molecule has 0 aliphatic heterocycles. The molecule has 3 heteroatoms. The first-order valence-electron chi connectivity index (χ1n) is 8.31. The van der Waals surface area contributed by atoms with Crippen LogP contribution in [-0.4, -0.2) is 9.52 Å². The Morgan fingerprint density at radius 3 is 1.54 bits per heavy atom. The second-order valence-corrected chi connectivity index (χ2v) is 7.24. The standard InChI is InChI=1S/C21H22O2Si/c1-24-21-13-19(22-15-17-8-4-2-5-9-17)12-20(14-21)23-16-18-10-6-3-7-11-18/h2-14H,15-16,24H2,1H3. The van der Waals surface area contributed by atoms with Crippen molar-refractivity contribution in [1.29, 1.82) is 0 Å². The minimum atomic E-state index is -0.271. The summed E-state index contributed by atoms with van der Waals surface area (Å²) < 4.78 is 11.9. The number of hydrogen-bond acceptors (Lipinski definition) is 2. The largest absolute Gasteiger partial charge is 0.489 e. The molecular weight excluding hydrogens is 312 g/mol. The molecule has 0 aromatic heterocycles. The van der Waals surface area contributed by atoms with Gasteiger partial charge in [-0.05, 0) is 23.3 Å². The fourth-order valence-electron chi connectivity index (χ4n) is 2.48. The van der Waals surface area contributed by atoms with Crippen molar-refractivity contribution in [3.8, 4) is 11.5 Å². The molecule has 0 atom stereocenters. The summed E-state index contributed by atoms with van der Waals surface area (Å²) in [5.41, 5.74) is 2.34. The molecular formula is C21H22O2Si. The van der Waals surface area contributed by atoms with Crippen molar-refractivity contribution in [2.24, 2.45) is 0 Å². The molecule has 3 aromatic rings. The van der Waals surface area contributed by atoms with Gasteiger partial charge in [-0.15, -0.1) is 0 Å². The van der Waals surface area contributed by atoms with Gasteiger partial charge >= 0.3 is 0 Å². The predicted octanol–water partition coefficient (Wildman–Crippen LogP) is 3.69. The number of rotatable bonds is 7. The highest BCUT2D eigenvalue weighted by Crippen LogP contribution is 2.20. The Labute approximate surface area is 145 Å². The van der Waals surface area contributed by atoms with E-state index in [-0.39, 0.29) is 9.52 Å². The van der Waals surface area contributed by atoms with E-state index in [1.54, 1.807) is 0 Å². The molecule has 3 rings (SSSR count). The summed E-state index contributed by atoms with van der Waals surface area (Å²) in [5, 5.41) is 1.35. The number of hydrogen-bond donors (Lipinski definition) is 0. The smallest absolute Gasteiger partial charge is 0.123 e. The Morgan fingerprint density at radius 2 is 1.12 bits per heavy atom. The maximum absolute atomic E-state index is 5.97. The molecule has 0 aliphatic carbocycles. The van der Waals surface area contributed by atoms with Crippen molar-refractivity contribution in [2.75, 3.05) is 0 Å². The van der Waals surface area contributed by atoms with Crippen molar-refractivity contribution in [2.45, 2.75) is 19.8 Å². The van der Waals surface area contributed by atoms with Gasteiger partial charge in [-0.2, -0.15) is 0 Å². The van der Waals surface area contributed by atoms with Crippen molar-refractivity contribution in [3.05, 3.63) is 90.0 Å². The molecule has 0 spiro atoms. The van der Waals surface area contributed by atoms with Gasteiger partial charge in [-0.3, -0.25) is 0 Å². The maximum atomic E-state index is 5.97. The minimum Gasteiger partial charge on any atom is -0.489 e. The summed E-state index contributed by atoms with van der Waals surface area (Å²) >= 11 is 0. The quantitative estimate of drug-likeness (QED) is 0.614. The van der Waals surface area contributed by atoms with E-state index in [1.807, 2.05) is 42.5 Å². The van der Waals surface area contributed by atoms with E-state index in [1.165, 1.54) is 16.3 Å². The molecule has 0 bridgehead atoms. The Kier molecular flexibility index (Phi) is 5.69. The Bertz CT molecular complexity index is 696. The molecule has 0 heterocycles. The van der Waals surface area contributed by atoms with Crippen LogP contribution in [0.15, 0.2) is 78.9 Å². The van der Waals surface area contributed by atoms with Gasteiger partial charge in [0.1, 0.15) is 24.7 Å². The summed E-state index contributed by atoms with van der Waals surface area (Å²) in [6, 6.07) is 26.7. The highest BCUT2D eigenvalue weighted by atomic mass is 28.2. The minimum absolute atomic E-state index is 0.271. The summed E-state index contributed by atoms with van der Waals surface area (Å²) in [6.45, 7) is 3.43. The first kappa shape index (κ1) is 16.3. The third-order valence-corrected chi connectivity index (χ3v) is 5.07. The van der Waals surface area contributed by atoms with Crippen molar-refractivity contribution < 1.29 is 9.47 Å². The van der Waals surface area contributed by atoms with E-state index in [2.05, 4.69) is 42.9 Å². The average Bonchev–Trinajstić information content (AvgIpc) is 2.66. The number of ether oxygens (including phenoxy) is 2. The van der Waals surface area contributed by atoms with Crippen LogP contribution in [0.5, 0.6) is 11.5 Å². The van der Waals surface area contributed by atoms with Gasteiger partial charge < -0.3 is 9.47 Å². The molecule has 0 saturated carbocycles. The highest BCUT2D eigenvalue weighted by molar-refractivity contribution is 6.52. The van der Waals surface area contributed by atoms with Crippen molar-refractivity contribution in [1.82, 2.24) is 0 Å². The van der Waals surface area contributed by atoms with E-state index < -0.39 is 0 Å². The molecule has 0 amide bonds. The first-order valence-corrected chi connectivity index (χ1v) is 10.4. The van der Waals surface area contributed by atoms with Crippen LogP contribution >= 0.6 is 0 Å². The summed E-state index contributed by atoms with van der Waals surface area (Å²) in [5.74, 6) is 1.77. The molecule has 0 aliphatic rings. The van der Waals surface area contributed by atoms with Gasteiger partial charge in [0, 0.05) is 6.07 Å². The second kappa shape index (κ2) is 8.36. The molecule has 0 N–H and O–H groups in total. The van der Waals surface area contributed by atoms with Crippen molar-refractivity contribution in [3.63, 3.8) is 0 Å². The first-order chi connectivity index (χ1) is 11.8. The average molecular weight is 334 g/mol. The summed E-state index contributed by atoms with van der Waals surface area (Å²) in [7, 11) is -0.271. The van der Waals surface area contributed by atoms with E-state index in [4.69, 9.17) is 9.47 Å². The monoisotopic (exact) mass is 334 g/mol. The predicted molar refractivity (Wildman–Crippen MR) is 102 cm³/mol. The zero-order valence-corrected chi connectivity index (χ0v) is 15.4. The Balaban J connectivity index is 1.68. The lowest BCUT2D eigenvalue weighted by molar-refractivity contribution is 0.290. The van der Waals surface area contributed by atoms with Crippen LogP contribution in [0, 0.1) is 0 Å². The number of benzene rings is 3. The van der Waals surface area contributed by atoms with E-state index in [9.17, 15) is 0 Å². The van der Waals surface area contributed by atoms with Crippen LogP contribution < -0.4 is 14.7 Å². The zero-order valence-electron chi connectivity index (χ0n) is 13.9. The molecule has 0 saturated heterocycles. The van der Waals surface area contributed by atoms with Gasteiger partial charge in [0.25, 0.3) is 0 Å². The van der Waals surface area contributed by atoms with Crippen LogP contribution in [0.3, 0.4) is 0 Å². The topological polar surface area (TPSA) is 18.5 Å². The van der Waals surface area contributed by atoms with Crippen LogP contribution in [0.25, 0.3) is 0 Å². The lowest BCUT2D eigenvalue weighted by Gasteiger charge is -2.12. The van der Waals surface area contributed by atoms with Crippen LogP contribution in [-0.2, 0) is 13.2 Å². The third kappa shape index (κ3) is 4.73.